The van der Waals surface area contributed by atoms with Gasteiger partial charge in [-0.3, -0.25) is 9.78 Å². The van der Waals surface area contributed by atoms with Crippen LogP contribution in [0, 0.1) is 0 Å². The standard InChI is InChI=1S/C13H11N7O3/c14-10-7-8(19-20(10)6-4-2-1-3-5-6)9(17-18-13(15)23)12(22)16-11(7)21/h1-5,22H,14H2,(H2,15,23)(H,16,21). The molecule has 2 heterocycles. The van der Waals surface area contributed by atoms with Crippen molar-refractivity contribution in [1.29, 1.82) is 0 Å². The second-order valence-corrected chi connectivity index (χ2v) is 4.55. The molecule has 0 bridgehead atoms. The Labute approximate surface area is 128 Å². The molecule has 10 nitrogen and oxygen atoms in total. The number of nitrogens with zero attached hydrogens (tertiary/aromatic N) is 4. The molecule has 3 rings (SSSR count). The molecule has 0 radical (unpaired) electrons. The highest BCUT2D eigenvalue weighted by Crippen LogP contribution is 2.33. The largest absolute Gasteiger partial charge is 0.493 e. The quantitative estimate of drug-likeness (QED) is 0.520. The van der Waals surface area contributed by atoms with Crippen LogP contribution in [0.15, 0.2) is 45.4 Å². The van der Waals surface area contributed by atoms with Crippen LogP contribution in [-0.4, -0.2) is 25.9 Å². The molecule has 3 aromatic rings. The Morgan fingerprint density at radius 3 is 2.65 bits per heavy atom. The summed E-state index contributed by atoms with van der Waals surface area (Å²) in [5.74, 6) is -0.534. The monoisotopic (exact) mass is 313 g/mol. The fourth-order valence-electron chi connectivity index (χ4n) is 2.12. The molecule has 116 valence electrons. The molecular formula is C13H11N7O3. The molecule has 0 spiro atoms. The predicted molar refractivity (Wildman–Crippen MR) is 81.9 cm³/mol. The summed E-state index contributed by atoms with van der Waals surface area (Å²) in [5, 5.41) is 20.7. The SMILES string of the molecule is NC(=O)N=Nc1c(O)[nH]c(=O)c2c(N)n(-c3ccccc3)nc12. The Morgan fingerprint density at radius 2 is 2.00 bits per heavy atom. The van der Waals surface area contributed by atoms with Gasteiger partial charge in [0.15, 0.2) is 5.69 Å². The zero-order valence-corrected chi connectivity index (χ0v) is 11.6. The topological polar surface area (TPSA) is 165 Å². The molecule has 1 aromatic carbocycles. The number of nitrogens with two attached hydrogens (primary N) is 2. The number of nitrogen functional groups attached to an aromatic ring is 1. The number of hydrogen-bond donors (Lipinski definition) is 4. The van der Waals surface area contributed by atoms with Gasteiger partial charge in [0.2, 0.25) is 5.88 Å². The van der Waals surface area contributed by atoms with Gasteiger partial charge in [-0.15, -0.1) is 5.11 Å². The van der Waals surface area contributed by atoms with Gasteiger partial charge in [0.25, 0.3) is 5.56 Å². The number of aromatic hydroxyl groups is 1. The zero-order valence-electron chi connectivity index (χ0n) is 11.6. The number of primary amides is 1. The summed E-state index contributed by atoms with van der Waals surface area (Å²) in [4.78, 5) is 25.0. The summed E-state index contributed by atoms with van der Waals surface area (Å²) in [6, 6.07) is 7.78. The number of rotatable bonds is 2. The molecule has 0 atom stereocenters. The van der Waals surface area contributed by atoms with Crippen LogP contribution < -0.4 is 17.0 Å². The van der Waals surface area contributed by atoms with Crippen LogP contribution in [0.25, 0.3) is 16.6 Å². The minimum atomic E-state index is -1.06. The third-order valence-corrected chi connectivity index (χ3v) is 3.08. The van der Waals surface area contributed by atoms with Crippen LogP contribution >= 0.6 is 0 Å². The van der Waals surface area contributed by atoms with Gasteiger partial charge >= 0.3 is 6.03 Å². The maximum Gasteiger partial charge on any atom is 0.356 e. The maximum absolute atomic E-state index is 12.0. The number of anilines is 1. The third kappa shape index (κ3) is 2.37. The van der Waals surface area contributed by atoms with Crippen molar-refractivity contribution >= 4 is 28.4 Å². The van der Waals surface area contributed by atoms with E-state index >= 15 is 0 Å². The highest BCUT2D eigenvalue weighted by Gasteiger charge is 2.20. The minimum absolute atomic E-state index is 0.00222. The molecule has 2 aromatic heterocycles. The van der Waals surface area contributed by atoms with Crippen molar-refractivity contribution in [2.75, 3.05) is 5.73 Å². The lowest BCUT2D eigenvalue weighted by atomic mass is 10.2. The number of carbonyl (C=O) groups is 1. The van der Waals surface area contributed by atoms with Crippen molar-refractivity contribution in [2.24, 2.45) is 16.0 Å². The van der Waals surface area contributed by atoms with Gasteiger partial charge in [-0.2, -0.15) is 5.10 Å². The first-order chi connectivity index (χ1) is 11.0. The molecule has 6 N–H and O–H groups in total. The number of H-pyrrole nitrogens is 1. The normalized spacial score (nSPS) is 11.3. The number of urea groups is 1. The van der Waals surface area contributed by atoms with Crippen LogP contribution in [0.5, 0.6) is 5.88 Å². The van der Waals surface area contributed by atoms with Crippen molar-refractivity contribution in [1.82, 2.24) is 14.8 Å². The van der Waals surface area contributed by atoms with Gasteiger partial charge in [0.1, 0.15) is 16.7 Å². The summed E-state index contributed by atoms with van der Waals surface area (Å²) in [5.41, 5.74) is 10.6. The van der Waals surface area contributed by atoms with Crippen molar-refractivity contribution in [3.63, 3.8) is 0 Å². The summed E-state index contributed by atoms with van der Waals surface area (Å²) in [6.45, 7) is 0. The fourth-order valence-corrected chi connectivity index (χ4v) is 2.12. The Balaban J connectivity index is 2.35. The molecule has 0 fully saturated rings. The van der Waals surface area contributed by atoms with E-state index in [9.17, 15) is 14.7 Å². The fraction of sp³-hybridized carbons (Fsp3) is 0. The van der Waals surface area contributed by atoms with Crippen LogP contribution in [0.3, 0.4) is 0 Å². The second-order valence-electron chi connectivity index (χ2n) is 4.55. The number of fused-ring (bicyclic) bond motifs is 1. The molecule has 0 unspecified atom stereocenters. The average Bonchev–Trinajstić information content (AvgIpc) is 2.85. The van der Waals surface area contributed by atoms with E-state index in [0.29, 0.717) is 5.69 Å². The smallest absolute Gasteiger partial charge is 0.356 e. The zero-order chi connectivity index (χ0) is 16.6. The van der Waals surface area contributed by atoms with E-state index in [-0.39, 0.29) is 22.4 Å². The molecular weight excluding hydrogens is 302 g/mol. The van der Waals surface area contributed by atoms with E-state index in [1.807, 2.05) is 6.07 Å². The maximum atomic E-state index is 12.0. The molecule has 0 saturated heterocycles. The number of hydrogen-bond acceptors (Lipinski definition) is 6. The molecule has 0 aliphatic rings. The Kier molecular flexibility index (Phi) is 3.26. The highest BCUT2D eigenvalue weighted by atomic mass is 16.3. The summed E-state index contributed by atoms with van der Waals surface area (Å²) in [7, 11) is 0. The van der Waals surface area contributed by atoms with E-state index in [4.69, 9.17) is 11.5 Å². The van der Waals surface area contributed by atoms with Gasteiger partial charge in [-0.05, 0) is 12.1 Å². The molecule has 23 heavy (non-hydrogen) atoms. The van der Waals surface area contributed by atoms with Crippen LogP contribution in [0.1, 0.15) is 0 Å². The van der Waals surface area contributed by atoms with Crippen LogP contribution in [0.4, 0.5) is 16.3 Å². The van der Waals surface area contributed by atoms with Gasteiger partial charge < -0.3 is 16.6 Å². The Bertz CT molecular complexity index is 988. The van der Waals surface area contributed by atoms with E-state index in [1.54, 1.807) is 24.3 Å². The number of carbonyl (C=O) groups excluding carboxylic acids is 1. The summed E-state index contributed by atoms with van der Waals surface area (Å²) in [6.07, 6.45) is 0. The Morgan fingerprint density at radius 1 is 1.30 bits per heavy atom. The van der Waals surface area contributed by atoms with Crippen LogP contribution in [0.2, 0.25) is 0 Å². The Hall–Kier alpha value is -3.69. The molecule has 10 heteroatoms. The van der Waals surface area contributed by atoms with Gasteiger partial charge in [0.05, 0.1) is 5.69 Å². The van der Waals surface area contributed by atoms with E-state index < -0.39 is 17.5 Å². The van der Waals surface area contributed by atoms with E-state index in [0.717, 1.165) is 0 Å². The van der Waals surface area contributed by atoms with Crippen LogP contribution in [-0.2, 0) is 0 Å². The first kappa shape index (κ1) is 14.3. The number of nitrogens with one attached hydrogen (secondary N) is 1. The number of benzene rings is 1. The third-order valence-electron chi connectivity index (χ3n) is 3.08. The van der Waals surface area contributed by atoms with E-state index in [2.05, 4.69) is 20.3 Å². The lowest BCUT2D eigenvalue weighted by molar-refractivity contribution is 0.255. The highest BCUT2D eigenvalue weighted by molar-refractivity contribution is 5.97. The number of pyridine rings is 1. The summed E-state index contributed by atoms with van der Waals surface area (Å²) >= 11 is 0. The second kappa shape index (κ2) is 5.26. The molecule has 0 saturated carbocycles. The number of amides is 2. The first-order valence-corrected chi connectivity index (χ1v) is 6.39. The van der Waals surface area contributed by atoms with Gasteiger partial charge in [-0.1, -0.05) is 23.3 Å². The molecule has 0 aliphatic carbocycles. The predicted octanol–water partition coefficient (Wildman–Crippen LogP) is 1.16. The van der Waals surface area contributed by atoms with Crippen molar-refractivity contribution in [2.45, 2.75) is 0 Å². The average molecular weight is 313 g/mol. The molecule has 0 aliphatic heterocycles. The van der Waals surface area contributed by atoms with Crippen molar-refractivity contribution < 1.29 is 9.90 Å². The van der Waals surface area contributed by atoms with Gasteiger partial charge in [0, 0.05) is 0 Å². The number of aromatic nitrogens is 3. The lowest BCUT2D eigenvalue weighted by Crippen LogP contribution is -2.08. The number of azo groups is 1. The first-order valence-electron chi connectivity index (χ1n) is 6.39. The summed E-state index contributed by atoms with van der Waals surface area (Å²) < 4.78 is 1.32. The minimum Gasteiger partial charge on any atom is -0.493 e. The number of aromatic amines is 1. The van der Waals surface area contributed by atoms with Crippen molar-refractivity contribution in [3.8, 4) is 11.6 Å². The van der Waals surface area contributed by atoms with E-state index in [1.165, 1.54) is 4.68 Å². The van der Waals surface area contributed by atoms with Crippen molar-refractivity contribution in [3.05, 3.63) is 40.7 Å². The van der Waals surface area contributed by atoms with Gasteiger partial charge in [-0.25, -0.2) is 9.48 Å². The number of para-hydroxylation sites is 1. The lowest BCUT2D eigenvalue weighted by Gasteiger charge is -2.02. The molecule has 2 amide bonds.